The van der Waals surface area contributed by atoms with Gasteiger partial charge in [0, 0.05) is 29.4 Å². The average Bonchev–Trinajstić information content (AvgIpc) is 2.82. The summed E-state index contributed by atoms with van der Waals surface area (Å²) < 4.78 is 105. The van der Waals surface area contributed by atoms with Crippen molar-refractivity contribution in [2.75, 3.05) is 18.2 Å². The summed E-state index contributed by atoms with van der Waals surface area (Å²) in [6.07, 6.45) is -7.47. The molecule has 1 aromatic heterocycles. The maximum absolute atomic E-state index is 13.8. The molecule has 2 nitrogen and oxygen atoms in total. The van der Waals surface area contributed by atoms with Crippen LogP contribution < -0.4 is 4.90 Å². The fraction of sp³-hybridized carbons (Fsp3) is 0.381. The molecule has 32 heavy (non-hydrogen) atoms. The Morgan fingerprint density at radius 1 is 0.938 bits per heavy atom. The van der Waals surface area contributed by atoms with E-state index in [0.29, 0.717) is 17.8 Å². The van der Waals surface area contributed by atoms with Gasteiger partial charge in [-0.3, -0.25) is 4.98 Å². The molecular formula is C21H18F8N2S. The number of allylic oxidation sites excluding steroid dienone is 1. The van der Waals surface area contributed by atoms with Gasteiger partial charge in [-0.1, -0.05) is 6.07 Å². The molecule has 11 heteroatoms. The second-order valence-corrected chi connectivity index (χ2v) is 8.22. The molecule has 0 spiro atoms. The Balaban J connectivity index is 2.09. The number of benzene rings is 1. The van der Waals surface area contributed by atoms with Crippen LogP contribution in [0.3, 0.4) is 0 Å². The van der Waals surface area contributed by atoms with Crippen LogP contribution in [0.2, 0.25) is 0 Å². The number of rotatable bonds is 3. The highest BCUT2D eigenvalue weighted by Gasteiger charge is 2.58. The lowest BCUT2D eigenvalue weighted by Crippen LogP contribution is -2.33. The SMILES string of the molecule is CSc1cc(C(F)(F)F)cnc1C1=C(C)CCc2cc(C(F)(F)C(F)(F)F)ccc2N1C. The van der Waals surface area contributed by atoms with Gasteiger partial charge in [0.2, 0.25) is 0 Å². The summed E-state index contributed by atoms with van der Waals surface area (Å²) in [7, 11) is 1.58. The summed E-state index contributed by atoms with van der Waals surface area (Å²) in [5, 5.41) is 0. The molecule has 0 aliphatic carbocycles. The van der Waals surface area contributed by atoms with Crippen molar-refractivity contribution in [1.29, 1.82) is 0 Å². The summed E-state index contributed by atoms with van der Waals surface area (Å²) in [5.74, 6) is -5.00. The predicted molar refractivity (Wildman–Crippen MR) is 107 cm³/mol. The molecule has 2 aromatic rings. The van der Waals surface area contributed by atoms with Gasteiger partial charge in [0.05, 0.1) is 11.3 Å². The zero-order valence-electron chi connectivity index (χ0n) is 17.1. The number of aryl methyl sites for hydroxylation is 1. The molecule has 0 unspecified atom stereocenters. The van der Waals surface area contributed by atoms with E-state index in [4.69, 9.17) is 0 Å². The monoisotopic (exact) mass is 482 g/mol. The number of nitrogens with zero attached hydrogens (tertiary/aromatic N) is 2. The quantitative estimate of drug-likeness (QED) is 0.338. The minimum atomic E-state index is -5.73. The molecule has 1 aliphatic heterocycles. The first-order valence-electron chi connectivity index (χ1n) is 9.31. The van der Waals surface area contributed by atoms with Crippen molar-refractivity contribution in [2.45, 2.75) is 42.9 Å². The smallest absolute Gasteiger partial charge is 0.343 e. The third-order valence-electron chi connectivity index (χ3n) is 5.29. The highest BCUT2D eigenvalue weighted by molar-refractivity contribution is 7.98. The van der Waals surface area contributed by atoms with Gasteiger partial charge < -0.3 is 4.90 Å². The van der Waals surface area contributed by atoms with Crippen molar-refractivity contribution in [3.8, 4) is 0 Å². The number of anilines is 1. The first-order chi connectivity index (χ1) is 14.7. The van der Waals surface area contributed by atoms with Crippen LogP contribution >= 0.6 is 11.8 Å². The fourth-order valence-corrected chi connectivity index (χ4v) is 4.20. The molecular weight excluding hydrogens is 464 g/mol. The van der Waals surface area contributed by atoms with Gasteiger partial charge in [-0.05, 0) is 55.4 Å². The first-order valence-corrected chi connectivity index (χ1v) is 10.5. The average molecular weight is 482 g/mol. The number of aromatic nitrogens is 1. The molecule has 2 heterocycles. The molecule has 3 rings (SSSR count). The third-order valence-corrected chi connectivity index (χ3v) is 6.04. The summed E-state index contributed by atoms with van der Waals surface area (Å²) in [5.41, 5.74) is 0.0825. The number of halogens is 8. The Hall–Kier alpha value is -2.30. The lowest BCUT2D eigenvalue weighted by Gasteiger charge is -2.27. The van der Waals surface area contributed by atoms with Crippen LogP contribution in [-0.2, 0) is 18.5 Å². The van der Waals surface area contributed by atoms with E-state index in [9.17, 15) is 35.1 Å². The molecule has 0 saturated carbocycles. The fourth-order valence-electron chi connectivity index (χ4n) is 3.61. The molecule has 1 aromatic carbocycles. The van der Waals surface area contributed by atoms with Crippen LogP contribution in [0, 0.1) is 0 Å². The van der Waals surface area contributed by atoms with Crippen molar-refractivity contribution in [2.24, 2.45) is 0 Å². The van der Waals surface area contributed by atoms with E-state index < -0.39 is 29.4 Å². The van der Waals surface area contributed by atoms with Crippen molar-refractivity contribution in [3.05, 3.63) is 58.4 Å². The van der Waals surface area contributed by atoms with Gasteiger partial charge in [-0.15, -0.1) is 11.8 Å². The van der Waals surface area contributed by atoms with Crippen LogP contribution in [-0.4, -0.2) is 24.5 Å². The molecule has 174 valence electrons. The van der Waals surface area contributed by atoms with E-state index >= 15 is 0 Å². The maximum atomic E-state index is 13.8. The molecule has 0 bridgehead atoms. The minimum Gasteiger partial charge on any atom is -0.343 e. The largest absolute Gasteiger partial charge is 0.458 e. The minimum absolute atomic E-state index is 0.187. The van der Waals surface area contributed by atoms with Gasteiger partial charge in [0.25, 0.3) is 0 Å². The van der Waals surface area contributed by atoms with Crippen LogP contribution in [0.1, 0.15) is 35.7 Å². The Bertz CT molecular complexity index is 1060. The van der Waals surface area contributed by atoms with Crippen LogP contribution in [0.15, 0.2) is 40.9 Å². The highest BCUT2D eigenvalue weighted by atomic mass is 32.2. The van der Waals surface area contributed by atoms with Crippen molar-refractivity contribution >= 4 is 23.1 Å². The Labute approximate surface area is 183 Å². The molecule has 1 aliphatic rings. The van der Waals surface area contributed by atoms with Crippen molar-refractivity contribution < 1.29 is 35.1 Å². The number of alkyl halides is 8. The topological polar surface area (TPSA) is 16.1 Å². The normalized spacial score (nSPS) is 15.7. The number of pyridine rings is 1. The second kappa shape index (κ2) is 8.24. The lowest BCUT2D eigenvalue weighted by atomic mass is 9.99. The molecule has 0 atom stereocenters. The predicted octanol–water partition coefficient (Wildman–Crippen LogP) is 7.29. The summed E-state index contributed by atoms with van der Waals surface area (Å²) in [4.78, 5) is 5.88. The lowest BCUT2D eigenvalue weighted by molar-refractivity contribution is -0.289. The third kappa shape index (κ3) is 4.31. The van der Waals surface area contributed by atoms with Gasteiger partial charge in [-0.25, -0.2) is 0 Å². The number of fused-ring (bicyclic) bond motifs is 1. The number of thioether (sulfide) groups is 1. The summed E-state index contributed by atoms with van der Waals surface area (Å²) >= 11 is 1.07. The van der Waals surface area contributed by atoms with E-state index in [-0.39, 0.29) is 22.6 Å². The molecule has 0 fully saturated rings. The van der Waals surface area contributed by atoms with Gasteiger partial charge in [0.15, 0.2) is 0 Å². The Kier molecular flexibility index (Phi) is 6.27. The van der Waals surface area contributed by atoms with Crippen LogP contribution in [0.25, 0.3) is 5.70 Å². The van der Waals surface area contributed by atoms with Crippen LogP contribution in [0.5, 0.6) is 0 Å². The van der Waals surface area contributed by atoms with E-state index in [1.165, 1.54) is 6.07 Å². The van der Waals surface area contributed by atoms with Crippen molar-refractivity contribution in [1.82, 2.24) is 4.98 Å². The molecule has 0 radical (unpaired) electrons. The second-order valence-electron chi connectivity index (χ2n) is 7.38. The summed E-state index contributed by atoms with van der Waals surface area (Å²) in [6.45, 7) is 1.73. The van der Waals surface area contributed by atoms with Crippen molar-refractivity contribution in [3.63, 3.8) is 0 Å². The first kappa shape index (κ1) is 24.3. The van der Waals surface area contributed by atoms with Gasteiger partial charge in [-0.2, -0.15) is 35.1 Å². The molecule has 0 N–H and O–H groups in total. The highest BCUT2D eigenvalue weighted by Crippen LogP contribution is 2.46. The Morgan fingerprint density at radius 3 is 2.16 bits per heavy atom. The molecule has 0 saturated heterocycles. The standard InChI is InChI=1S/C21H18F8N2S/c1-11-4-5-12-8-13(19(22,23)21(27,28)29)6-7-15(12)31(2)18(11)17-16(32-3)9-14(10-30-17)20(24,25)26/h6-10H,4-5H2,1-3H3. The zero-order chi connectivity index (χ0) is 24.1. The number of hydrogen-bond acceptors (Lipinski definition) is 3. The summed E-state index contributed by atoms with van der Waals surface area (Å²) in [6, 6.07) is 3.72. The van der Waals surface area contributed by atoms with Gasteiger partial charge in [0.1, 0.15) is 5.69 Å². The van der Waals surface area contributed by atoms with E-state index in [0.717, 1.165) is 41.7 Å². The van der Waals surface area contributed by atoms with Gasteiger partial charge >= 0.3 is 18.3 Å². The van der Waals surface area contributed by atoms with E-state index in [1.807, 2.05) is 0 Å². The zero-order valence-corrected chi connectivity index (χ0v) is 17.9. The van der Waals surface area contributed by atoms with Crippen LogP contribution in [0.4, 0.5) is 40.8 Å². The Morgan fingerprint density at radius 2 is 1.59 bits per heavy atom. The number of hydrogen-bond donors (Lipinski definition) is 0. The molecule has 0 amide bonds. The maximum Gasteiger partial charge on any atom is 0.458 e. The van der Waals surface area contributed by atoms with E-state index in [2.05, 4.69) is 4.98 Å². The van der Waals surface area contributed by atoms with E-state index in [1.54, 1.807) is 25.1 Å².